The summed E-state index contributed by atoms with van der Waals surface area (Å²) in [7, 11) is 1.62. The molecule has 0 N–H and O–H groups in total. The van der Waals surface area contributed by atoms with Crippen LogP contribution in [0, 0.1) is 11.6 Å². The number of thioether (sulfide) groups is 1. The molecule has 0 amide bonds. The molecule has 4 rings (SSSR count). The van der Waals surface area contributed by atoms with E-state index in [0.29, 0.717) is 23.1 Å². The molecule has 0 saturated carbocycles. The predicted octanol–water partition coefficient (Wildman–Crippen LogP) is 4.70. The van der Waals surface area contributed by atoms with Gasteiger partial charge in [0, 0.05) is 23.5 Å². The predicted molar refractivity (Wildman–Crippen MR) is 107 cm³/mol. The SMILES string of the molecule is COc1ccc(-c2nnc(SCc3cccc(F)c3F)n2CC2CCCO2)cc1. The van der Waals surface area contributed by atoms with Crippen LogP contribution in [-0.2, 0) is 17.0 Å². The Morgan fingerprint density at radius 3 is 2.72 bits per heavy atom. The number of aromatic nitrogens is 3. The van der Waals surface area contributed by atoms with Crippen LogP contribution >= 0.6 is 11.8 Å². The van der Waals surface area contributed by atoms with E-state index in [2.05, 4.69) is 10.2 Å². The van der Waals surface area contributed by atoms with Crippen molar-refractivity contribution >= 4 is 11.8 Å². The third-order valence-electron chi connectivity index (χ3n) is 4.86. The van der Waals surface area contributed by atoms with Crippen LogP contribution in [0.5, 0.6) is 5.75 Å². The molecule has 1 fully saturated rings. The van der Waals surface area contributed by atoms with E-state index in [9.17, 15) is 8.78 Å². The highest BCUT2D eigenvalue weighted by molar-refractivity contribution is 7.98. The highest BCUT2D eigenvalue weighted by atomic mass is 32.2. The minimum Gasteiger partial charge on any atom is -0.497 e. The largest absolute Gasteiger partial charge is 0.497 e. The molecule has 1 unspecified atom stereocenters. The zero-order valence-corrected chi connectivity index (χ0v) is 16.8. The summed E-state index contributed by atoms with van der Waals surface area (Å²) in [5.41, 5.74) is 1.20. The molecule has 0 bridgehead atoms. The molecule has 0 aliphatic carbocycles. The first kappa shape index (κ1) is 19.8. The van der Waals surface area contributed by atoms with Crippen molar-refractivity contribution in [2.24, 2.45) is 0 Å². The molecule has 1 saturated heterocycles. The minimum absolute atomic E-state index is 0.0910. The second-order valence-corrected chi connectivity index (χ2v) is 7.72. The van der Waals surface area contributed by atoms with E-state index in [1.165, 1.54) is 17.8 Å². The third kappa shape index (κ3) is 4.43. The minimum atomic E-state index is -0.845. The van der Waals surface area contributed by atoms with Gasteiger partial charge >= 0.3 is 0 Å². The lowest BCUT2D eigenvalue weighted by atomic mass is 10.2. The highest BCUT2D eigenvalue weighted by Crippen LogP contribution is 2.30. The van der Waals surface area contributed by atoms with Gasteiger partial charge in [0.25, 0.3) is 0 Å². The van der Waals surface area contributed by atoms with Gasteiger partial charge in [-0.05, 0) is 43.2 Å². The number of hydrogen-bond donors (Lipinski definition) is 0. The second-order valence-electron chi connectivity index (χ2n) is 6.78. The van der Waals surface area contributed by atoms with E-state index in [-0.39, 0.29) is 11.9 Å². The van der Waals surface area contributed by atoms with Crippen molar-refractivity contribution in [1.82, 2.24) is 14.8 Å². The molecule has 1 aromatic heterocycles. The van der Waals surface area contributed by atoms with Crippen LogP contribution < -0.4 is 4.74 Å². The van der Waals surface area contributed by atoms with E-state index < -0.39 is 11.6 Å². The monoisotopic (exact) mass is 417 g/mol. The average molecular weight is 417 g/mol. The molecule has 3 aromatic rings. The molecule has 2 aromatic carbocycles. The Morgan fingerprint density at radius 2 is 2.00 bits per heavy atom. The summed E-state index contributed by atoms with van der Waals surface area (Å²) in [6.45, 7) is 1.37. The molecule has 29 heavy (non-hydrogen) atoms. The van der Waals surface area contributed by atoms with E-state index in [0.717, 1.165) is 36.8 Å². The van der Waals surface area contributed by atoms with E-state index in [1.807, 2.05) is 28.8 Å². The molecule has 1 aliphatic rings. The van der Waals surface area contributed by atoms with Crippen molar-refractivity contribution < 1.29 is 18.3 Å². The lowest BCUT2D eigenvalue weighted by molar-refractivity contribution is 0.0953. The Morgan fingerprint density at radius 1 is 1.17 bits per heavy atom. The number of hydrogen-bond acceptors (Lipinski definition) is 5. The molecule has 8 heteroatoms. The fourth-order valence-corrected chi connectivity index (χ4v) is 4.23. The molecule has 5 nitrogen and oxygen atoms in total. The van der Waals surface area contributed by atoms with Crippen molar-refractivity contribution in [1.29, 1.82) is 0 Å². The van der Waals surface area contributed by atoms with Gasteiger partial charge in [-0.3, -0.25) is 4.57 Å². The maximum Gasteiger partial charge on any atom is 0.191 e. The Bertz CT molecular complexity index is 973. The molecule has 2 heterocycles. The van der Waals surface area contributed by atoms with Crippen LogP contribution in [0.15, 0.2) is 47.6 Å². The fraction of sp³-hybridized carbons (Fsp3) is 0.333. The van der Waals surface area contributed by atoms with E-state index >= 15 is 0 Å². The topological polar surface area (TPSA) is 49.2 Å². The molecule has 1 atom stereocenters. The van der Waals surface area contributed by atoms with E-state index in [1.54, 1.807) is 13.2 Å². The van der Waals surface area contributed by atoms with E-state index in [4.69, 9.17) is 9.47 Å². The Labute approximate surface area is 172 Å². The Balaban J connectivity index is 1.61. The summed E-state index contributed by atoms with van der Waals surface area (Å²) in [5, 5.41) is 9.33. The van der Waals surface area contributed by atoms with Crippen molar-refractivity contribution in [2.45, 2.75) is 36.4 Å². The maximum atomic E-state index is 14.0. The van der Waals surface area contributed by atoms with Gasteiger partial charge in [0.15, 0.2) is 22.6 Å². The quantitative estimate of drug-likeness (QED) is 0.522. The number of methoxy groups -OCH3 is 1. The third-order valence-corrected chi connectivity index (χ3v) is 5.88. The lowest BCUT2D eigenvalue weighted by Crippen LogP contribution is -2.16. The van der Waals surface area contributed by atoms with Crippen molar-refractivity contribution in [2.75, 3.05) is 13.7 Å². The normalized spacial score (nSPS) is 16.3. The van der Waals surface area contributed by atoms with Gasteiger partial charge in [-0.1, -0.05) is 23.9 Å². The first-order valence-corrected chi connectivity index (χ1v) is 10.4. The molecule has 0 spiro atoms. The van der Waals surface area contributed by atoms with Gasteiger partial charge in [-0.15, -0.1) is 10.2 Å². The fourth-order valence-electron chi connectivity index (χ4n) is 3.31. The molecule has 0 radical (unpaired) electrons. The highest BCUT2D eigenvalue weighted by Gasteiger charge is 2.22. The zero-order chi connectivity index (χ0) is 20.2. The maximum absolute atomic E-state index is 14.0. The standard InChI is InChI=1S/C21H21F2N3O2S/c1-27-16-9-7-14(8-10-16)20-24-25-21(26(20)12-17-5-3-11-28-17)29-13-15-4-2-6-18(22)19(15)23/h2,4,6-10,17H,3,5,11-13H2,1H3. The van der Waals surface area contributed by atoms with Crippen LogP contribution in [0.3, 0.4) is 0 Å². The second kappa shape index (κ2) is 8.92. The summed E-state index contributed by atoms with van der Waals surface area (Å²) in [6.07, 6.45) is 2.10. The molecule has 152 valence electrons. The lowest BCUT2D eigenvalue weighted by Gasteiger charge is -2.15. The summed E-state index contributed by atoms with van der Waals surface area (Å²) >= 11 is 1.33. The van der Waals surface area contributed by atoms with Crippen molar-refractivity contribution in [3.05, 3.63) is 59.7 Å². The van der Waals surface area contributed by atoms with Crippen LogP contribution in [0.2, 0.25) is 0 Å². The van der Waals surface area contributed by atoms with Crippen LogP contribution in [0.25, 0.3) is 11.4 Å². The van der Waals surface area contributed by atoms with Crippen LogP contribution in [-0.4, -0.2) is 34.6 Å². The molecular formula is C21H21F2N3O2S. The number of ether oxygens (including phenoxy) is 2. The van der Waals surface area contributed by atoms with Gasteiger partial charge in [-0.25, -0.2) is 8.78 Å². The first-order valence-electron chi connectivity index (χ1n) is 9.40. The van der Waals surface area contributed by atoms with Gasteiger partial charge in [0.2, 0.25) is 0 Å². The molecule has 1 aliphatic heterocycles. The van der Waals surface area contributed by atoms with Crippen LogP contribution in [0.4, 0.5) is 8.78 Å². The van der Waals surface area contributed by atoms with Crippen LogP contribution in [0.1, 0.15) is 18.4 Å². The summed E-state index contributed by atoms with van der Waals surface area (Å²) < 4.78 is 40.5. The number of benzene rings is 2. The summed E-state index contributed by atoms with van der Waals surface area (Å²) in [4.78, 5) is 0. The van der Waals surface area contributed by atoms with Crippen molar-refractivity contribution in [3.8, 4) is 17.1 Å². The van der Waals surface area contributed by atoms with Gasteiger partial charge in [0.05, 0.1) is 19.8 Å². The number of nitrogens with zero attached hydrogens (tertiary/aromatic N) is 3. The smallest absolute Gasteiger partial charge is 0.191 e. The van der Waals surface area contributed by atoms with Gasteiger partial charge < -0.3 is 9.47 Å². The Kier molecular flexibility index (Phi) is 6.10. The van der Waals surface area contributed by atoms with Gasteiger partial charge in [0.1, 0.15) is 5.75 Å². The number of rotatable bonds is 7. The molecular weight excluding hydrogens is 396 g/mol. The average Bonchev–Trinajstić information content (AvgIpc) is 3.40. The first-order chi connectivity index (χ1) is 14.2. The summed E-state index contributed by atoms with van der Waals surface area (Å²) in [5.74, 6) is 0.0690. The van der Waals surface area contributed by atoms with Crippen molar-refractivity contribution in [3.63, 3.8) is 0 Å². The van der Waals surface area contributed by atoms with Gasteiger partial charge in [-0.2, -0.15) is 0 Å². The number of halogens is 2. The zero-order valence-electron chi connectivity index (χ0n) is 16.0. The summed E-state index contributed by atoms with van der Waals surface area (Å²) in [6, 6.07) is 11.8. The Hall–Kier alpha value is -2.45.